The van der Waals surface area contributed by atoms with Crippen molar-refractivity contribution in [3.63, 3.8) is 0 Å². The second-order valence-corrected chi connectivity index (χ2v) is 4.82. The smallest absolute Gasteiger partial charge is 0.261 e. The fraction of sp³-hybridized carbons (Fsp3) is 0.600. The van der Waals surface area contributed by atoms with Crippen LogP contribution in [0, 0.1) is 11.6 Å². The molecular formula is C15H21F4NO. The number of halogens is 4. The summed E-state index contributed by atoms with van der Waals surface area (Å²) >= 11 is 0. The van der Waals surface area contributed by atoms with Crippen molar-refractivity contribution in [2.75, 3.05) is 19.8 Å². The highest BCUT2D eigenvalue weighted by atomic mass is 19.3. The van der Waals surface area contributed by atoms with Crippen LogP contribution in [0.25, 0.3) is 0 Å². The molecule has 1 N–H and O–H groups in total. The van der Waals surface area contributed by atoms with Gasteiger partial charge in [0.25, 0.3) is 6.43 Å². The van der Waals surface area contributed by atoms with Gasteiger partial charge in [-0.2, -0.15) is 0 Å². The molecule has 0 amide bonds. The zero-order valence-electron chi connectivity index (χ0n) is 12.0. The Balaban J connectivity index is 2.54. The van der Waals surface area contributed by atoms with Gasteiger partial charge in [0.15, 0.2) is 11.6 Å². The van der Waals surface area contributed by atoms with Crippen LogP contribution < -0.4 is 5.32 Å². The third kappa shape index (κ3) is 6.91. The lowest BCUT2D eigenvalue weighted by Gasteiger charge is -2.19. The average molecular weight is 307 g/mol. The lowest BCUT2D eigenvalue weighted by Crippen LogP contribution is -2.33. The van der Waals surface area contributed by atoms with Gasteiger partial charge in [-0.3, -0.25) is 0 Å². The highest BCUT2D eigenvalue weighted by molar-refractivity contribution is 5.20. The lowest BCUT2D eigenvalue weighted by atomic mass is 10.0. The first-order valence-electron chi connectivity index (χ1n) is 7.06. The van der Waals surface area contributed by atoms with Gasteiger partial charge in [0.2, 0.25) is 0 Å². The lowest BCUT2D eigenvalue weighted by molar-refractivity contribution is 0.0144. The van der Waals surface area contributed by atoms with Gasteiger partial charge in [0.1, 0.15) is 6.61 Å². The predicted molar refractivity (Wildman–Crippen MR) is 73.6 cm³/mol. The molecule has 0 aliphatic carbocycles. The van der Waals surface area contributed by atoms with Crippen LogP contribution in [-0.2, 0) is 11.2 Å². The van der Waals surface area contributed by atoms with E-state index in [0.29, 0.717) is 12.8 Å². The number of hydrogen-bond donors (Lipinski definition) is 1. The van der Waals surface area contributed by atoms with Gasteiger partial charge in [-0.1, -0.05) is 19.1 Å². The quantitative estimate of drug-likeness (QED) is 0.527. The Morgan fingerprint density at radius 3 is 2.67 bits per heavy atom. The summed E-state index contributed by atoms with van der Waals surface area (Å²) in [6.07, 6.45) is -0.850. The zero-order chi connectivity index (χ0) is 15.7. The summed E-state index contributed by atoms with van der Waals surface area (Å²) in [6, 6.07) is 3.91. The molecule has 0 spiro atoms. The fourth-order valence-electron chi connectivity index (χ4n) is 1.99. The molecule has 1 unspecified atom stereocenters. The molecule has 1 atom stereocenters. The third-order valence-electron chi connectivity index (χ3n) is 3.04. The molecule has 0 aliphatic heterocycles. The molecule has 0 fully saturated rings. The van der Waals surface area contributed by atoms with Crippen LogP contribution in [0.1, 0.15) is 25.3 Å². The van der Waals surface area contributed by atoms with Crippen LogP contribution in [0.15, 0.2) is 18.2 Å². The van der Waals surface area contributed by atoms with Gasteiger partial charge < -0.3 is 10.1 Å². The van der Waals surface area contributed by atoms with Gasteiger partial charge in [-0.15, -0.1) is 0 Å². The summed E-state index contributed by atoms with van der Waals surface area (Å²) in [4.78, 5) is 0. The van der Waals surface area contributed by atoms with Crippen molar-refractivity contribution in [2.24, 2.45) is 0 Å². The van der Waals surface area contributed by atoms with E-state index in [1.54, 1.807) is 0 Å². The maximum atomic E-state index is 13.6. The van der Waals surface area contributed by atoms with E-state index in [0.717, 1.165) is 19.0 Å². The van der Waals surface area contributed by atoms with Crippen molar-refractivity contribution in [3.8, 4) is 0 Å². The minimum absolute atomic E-state index is 0.140. The number of alkyl halides is 2. The highest BCUT2D eigenvalue weighted by Crippen LogP contribution is 2.14. The molecule has 0 aromatic heterocycles. The average Bonchev–Trinajstić information content (AvgIpc) is 2.45. The first-order valence-corrected chi connectivity index (χ1v) is 7.06. The fourth-order valence-corrected chi connectivity index (χ4v) is 1.99. The number of benzene rings is 1. The van der Waals surface area contributed by atoms with Gasteiger partial charge in [0, 0.05) is 12.6 Å². The van der Waals surface area contributed by atoms with Gasteiger partial charge in [0.05, 0.1) is 0 Å². The molecule has 0 radical (unpaired) electrons. The third-order valence-corrected chi connectivity index (χ3v) is 3.04. The second kappa shape index (κ2) is 9.73. The van der Waals surface area contributed by atoms with Gasteiger partial charge >= 0.3 is 0 Å². The topological polar surface area (TPSA) is 21.3 Å². The van der Waals surface area contributed by atoms with Crippen molar-refractivity contribution >= 4 is 0 Å². The van der Waals surface area contributed by atoms with Crippen molar-refractivity contribution in [3.05, 3.63) is 35.4 Å². The molecule has 120 valence electrons. The number of hydrogen-bond acceptors (Lipinski definition) is 2. The first-order chi connectivity index (χ1) is 10.0. The SMILES string of the molecule is CCCNC(CCOCC(F)F)Cc1cccc(F)c1F. The Labute approximate surface area is 122 Å². The molecule has 2 nitrogen and oxygen atoms in total. The monoisotopic (exact) mass is 307 g/mol. The minimum Gasteiger partial charge on any atom is -0.375 e. The normalized spacial score (nSPS) is 12.9. The molecule has 0 heterocycles. The van der Waals surface area contributed by atoms with Crippen LogP contribution in [0.3, 0.4) is 0 Å². The summed E-state index contributed by atoms with van der Waals surface area (Å²) in [5.74, 6) is -1.73. The number of nitrogens with one attached hydrogen (secondary N) is 1. The van der Waals surface area contributed by atoms with Crippen LogP contribution in [0.2, 0.25) is 0 Å². The van der Waals surface area contributed by atoms with Crippen LogP contribution >= 0.6 is 0 Å². The summed E-state index contributed by atoms with van der Waals surface area (Å²) in [6.45, 7) is 2.26. The Hall–Kier alpha value is -1.14. The Bertz CT molecular complexity index is 415. The van der Waals surface area contributed by atoms with E-state index in [1.807, 2.05) is 6.92 Å². The standard InChI is InChI=1S/C15H21F4NO/c1-2-7-20-12(6-8-21-10-14(17)18)9-11-4-3-5-13(16)15(11)19/h3-5,12,14,20H,2,6-10H2,1H3. The van der Waals surface area contributed by atoms with Crippen molar-refractivity contribution in [1.82, 2.24) is 5.32 Å². The molecule has 0 saturated heterocycles. The van der Waals surface area contributed by atoms with Gasteiger partial charge in [-0.25, -0.2) is 17.6 Å². The van der Waals surface area contributed by atoms with E-state index in [1.165, 1.54) is 12.1 Å². The minimum atomic E-state index is -2.49. The van der Waals surface area contributed by atoms with Crippen LogP contribution in [-0.4, -0.2) is 32.2 Å². The summed E-state index contributed by atoms with van der Waals surface area (Å²) in [5, 5.41) is 3.20. The van der Waals surface area contributed by atoms with Crippen molar-refractivity contribution in [1.29, 1.82) is 0 Å². The molecule has 6 heteroatoms. The highest BCUT2D eigenvalue weighted by Gasteiger charge is 2.14. The molecule has 0 saturated carbocycles. The maximum Gasteiger partial charge on any atom is 0.261 e. The summed E-state index contributed by atoms with van der Waals surface area (Å²) < 4.78 is 55.6. The molecule has 1 aromatic rings. The van der Waals surface area contributed by atoms with Crippen LogP contribution in [0.4, 0.5) is 17.6 Å². The molecule has 0 aliphatic rings. The van der Waals surface area contributed by atoms with Gasteiger partial charge in [-0.05, 0) is 37.4 Å². The number of ether oxygens (including phenoxy) is 1. The summed E-state index contributed by atoms with van der Waals surface area (Å²) in [7, 11) is 0. The van der Waals surface area contributed by atoms with Crippen molar-refractivity contribution < 1.29 is 22.3 Å². The Kier molecular flexibility index (Phi) is 8.30. The second-order valence-electron chi connectivity index (χ2n) is 4.82. The van der Waals surface area contributed by atoms with E-state index < -0.39 is 24.7 Å². The maximum absolute atomic E-state index is 13.6. The van der Waals surface area contributed by atoms with E-state index in [2.05, 4.69) is 5.32 Å². The molecule has 1 rings (SSSR count). The largest absolute Gasteiger partial charge is 0.375 e. The van der Waals surface area contributed by atoms with Crippen molar-refractivity contribution in [2.45, 2.75) is 38.7 Å². The zero-order valence-corrected chi connectivity index (χ0v) is 12.0. The molecule has 21 heavy (non-hydrogen) atoms. The van der Waals surface area contributed by atoms with E-state index in [-0.39, 0.29) is 18.2 Å². The van der Waals surface area contributed by atoms with E-state index in [4.69, 9.17) is 4.74 Å². The summed E-state index contributed by atoms with van der Waals surface area (Å²) in [5.41, 5.74) is 0.275. The van der Waals surface area contributed by atoms with Crippen LogP contribution in [0.5, 0.6) is 0 Å². The molecular weight excluding hydrogens is 286 g/mol. The molecule has 1 aromatic carbocycles. The first kappa shape index (κ1) is 17.9. The van der Waals surface area contributed by atoms with E-state index in [9.17, 15) is 17.6 Å². The predicted octanol–water partition coefficient (Wildman–Crippen LogP) is 3.55. The Morgan fingerprint density at radius 1 is 1.24 bits per heavy atom. The number of rotatable bonds is 10. The van der Waals surface area contributed by atoms with E-state index >= 15 is 0 Å². The Morgan fingerprint density at radius 2 is 2.00 bits per heavy atom. The molecule has 0 bridgehead atoms.